The van der Waals surface area contributed by atoms with Crippen molar-refractivity contribution in [1.29, 1.82) is 0 Å². The number of rotatable bonds is 6. The Balaban J connectivity index is 1.47. The van der Waals surface area contributed by atoms with Gasteiger partial charge in [0.15, 0.2) is 5.13 Å². The molecule has 0 fully saturated rings. The Morgan fingerprint density at radius 3 is 2.27 bits per heavy atom. The van der Waals surface area contributed by atoms with Gasteiger partial charge in [0.1, 0.15) is 0 Å². The molecule has 1 aromatic heterocycles. The highest BCUT2D eigenvalue weighted by molar-refractivity contribution is 7.15. The molecular formula is C24H25N5O3S. The average molecular weight is 464 g/mol. The third-order valence-corrected chi connectivity index (χ3v) is 6.11. The van der Waals surface area contributed by atoms with E-state index in [0.717, 1.165) is 36.6 Å². The highest BCUT2D eigenvalue weighted by Crippen LogP contribution is 2.30. The molecule has 0 unspecified atom stereocenters. The summed E-state index contributed by atoms with van der Waals surface area (Å²) in [7, 11) is 0. The van der Waals surface area contributed by atoms with Crippen LogP contribution in [0.25, 0.3) is 0 Å². The van der Waals surface area contributed by atoms with Gasteiger partial charge in [0.25, 0.3) is 5.91 Å². The van der Waals surface area contributed by atoms with Crippen molar-refractivity contribution in [2.24, 2.45) is 0 Å². The van der Waals surface area contributed by atoms with Crippen LogP contribution in [0.1, 0.15) is 40.3 Å². The molecular weight excluding hydrogens is 438 g/mol. The van der Waals surface area contributed by atoms with E-state index in [2.05, 4.69) is 38.0 Å². The van der Waals surface area contributed by atoms with Crippen molar-refractivity contribution in [2.75, 3.05) is 22.5 Å². The number of amides is 3. The smallest absolute Gasteiger partial charge is 0.257 e. The molecule has 0 atom stereocenters. The van der Waals surface area contributed by atoms with Gasteiger partial charge in [-0.1, -0.05) is 30.3 Å². The van der Waals surface area contributed by atoms with Crippen molar-refractivity contribution in [3.8, 4) is 0 Å². The second-order valence-corrected chi connectivity index (χ2v) is 9.03. The lowest BCUT2D eigenvalue weighted by molar-refractivity contribution is -0.115. The summed E-state index contributed by atoms with van der Waals surface area (Å²) in [5.74, 6) is -0.899. The molecule has 0 saturated carbocycles. The molecule has 0 bridgehead atoms. The molecule has 0 aliphatic carbocycles. The van der Waals surface area contributed by atoms with Crippen LogP contribution in [0.15, 0.2) is 48.5 Å². The van der Waals surface area contributed by atoms with Crippen molar-refractivity contribution in [3.05, 3.63) is 70.2 Å². The second kappa shape index (κ2) is 9.93. The van der Waals surface area contributed by atoms with Crippen molar-refractivity contribution in [1.82, 2.24) is 9.88 Å². The van der Waals surface area contributed by atoms with E-state index in [4.69, 9.17) is 0 Å². The van der Waals surface area contributed by atoms with Gasteiger partial charge in [0.2, 0.25) is 11.8 Å². The highest BCUT2D eigenvalue weighted by atomic mass is 32.1. The summed E-state index contributed by atoms with van der Waals surface area (Å²) in [6.45, 7) is 5.35. The molecule has 33 heavy (non-hydrogen) atoms. The Hall–Kier alpha value is -3.56. The van der Waals surface area contributed by atoms with Crippen LogP contribution in [0.3, 0.4) is 0 Å². The van der Waals surface area contributed by atoms with Gasteiger partial charge in [-0.05, 0) is 23.8 Å². The Kier molecular flexibility index (Phi) is 6.81. The summed E-state index contributed by atoms with van der Waals surface area (Å²) in [5, 5.41) is 8.71. The fourth-order valence-electron chi connectivity index (χ4n) is 3.76. The van der Waals surface area contributed by atoms with Gasteiger partial charge >= 0.3 is 0 Å². The highest BCUT2D eigenvalue weighted by Gasteiger charge is 2.22. The Morgan fingerprint density at radius 2 is 1.64 bits per heavy atom. The number of aromatic nitrogens is 1. The first-order chi connectivity index (χ1) is 15.9. The van der Waals surface area contributed by atoms with Gasteiger partial charge in [0.05, 0.1) is 5.69 Å². The molecule has 3 amide bonds. The number of anilines is 3. The number of fused-ring (bicyclic) bond motifs is 1. The standard InChI is InChI=1S/C24H25N5O3S/c1-15(30)25-19-10-18(11-20(12-19)26-16(2)31)23(32)28-24-27-21-8-9-29(14-22(21)33-24)13-17-6-4-3-5-7-17/h3-7,10-12H,8-9,13-14H2,1-2H3,(H,25,30)(H,26,31)(H,27,28,32). The maximum absolute atomic E-state index is 12.9. The van der Waals surface area contributed by atoms with Gasteiger partial charge in [0, 0.05) is 61.7 Å². The molecule has 4 rings (SSSR count). The van der Waals surface area contributed by atoms with Crippen LogP contribution >= 0.6 is 11.3 Å². The summed E-state index contributed by atoms with van der Waals surface area (Å²) >= 11 is 1.48. The molecule has 8 nitrogen and oxygen atoms in total. The molecule has 2 heterocycles. The van der Waals surface area contributed by atoms with Crippen LogP contribution < -0.4 is 16.0 Å². The first-order valence-corrected chi connectivity index (χ1v) is 11.4. The SMILES string of the molecule is CC(=O)Nc1cc(NC(C)=O)cc(C(=O)Nc2nc3c(s2)CN(Cc2ccccc2)CC3)c1. The minimum Gasteiger partial charge on any atom is -0.326 e. The van der Waals surface area contributed by atoms with Crippen molar-refractivity contribution in [3.63, 3.8) is 0 Å². The molecule has 0 radical (unpaired) electrons. The zero-order chi connectivity index (χ0) is 23.4. The normalized spacial score (nSPS) is 13.2. The van der Waals surface area contributed by atoms with Gasteiger partial charge < -0.3 is 10.6 Å². The molecule has 1 aliphatic heterocycles. The molecule has 9 heteroatoms. The lowest BCUT2D eigenvalue weighted by Gasteiger charge is -2.25. The number of carbonyl (C=O) groups is 3. The van der Waals surface area contributed by atoms with E-state index in [1.165, 1.54) is 30.7 Å². The van der Waals surface area contributed by atoms with Gasteiger partial charge in [-0.25, -0.2) is 4.98 Å². The lowest BCUT2D eigenvalue weighted by Crippen LogP contribution is -2.29. The molecule has 0 saturated heterocycles. The van der Waals surface area contributed by atoms with E-state index < -0.39 is 0 Å². The monoisotopic (exact) mass is 463 g/mol. The number of benzene rings is 2. The number of nitrogens with zero attached hydrogens (tertiary/aromatic N) is 2. The molecule has 0 spiro atoms. The second-order valence-electron chi connectivity index (χ2n) is 7.95. The number of hydrogen-bond donors (Lipinski definition) is 3. The van der Waals surface area contributed by atoms with Crippen LogP contribution in [0.2, 0.25) is 0 Å². The Morgan fingerprint density at radius 1 is 0.970 bits per heavy atom. The average Bonchev–Trinajstić information content (AvgIpc) is 3.14. The van der Waals surface area contributed by atoms with E-state index in [0.29, 0.717) is 22.1 Å². The number of hydrogen-bond acceptors (Lipinski definition) is 6. The fraction of sp³-hybridized carbons (Fsp3) is 0.250. The number of thiazole rings is 1. The predicted octanol–water partition coefficient (Wildman–Crippen LogP) is 3.87. The summed E-state index contributed by atoms with van der Waals surface area (Å²) in [4.78, 5) is 44.0. The van der Waals surface area contributed by atoms with E-state index in [1.54, 1.807) is 18.2 Å². The topological polar surface area (TPSA) is 103 Å². The van der Waals surface area contributed by atoms with Crippen molar-refractivity contribution < 1.29 is 14.4 Å². The first kappa shape index (κ1) is 22.6. The van der Waals surface area contributed by atoms with Crippen LogP contribution in [0.5, 0.6) is 0 Å². The zero-order valence-corrected chi connectivity index (χ0v) is 19.3. The minimum atomic E-state index is -0.360. The fourth-order valence-corrected chi connectivity index (χ4v) is 4.80. The van der Waals surface area contributed by atoms with Crippen LogP contribution in [-0.4, -0.2) is 34.2 Å². The van der Waals surface area contributed by atoms with Crippen LogP contribution in [-0.2, 0) is 29.1 Å². The number of carbonyl (C=O) groups excluding carboxylic acids is 3. The molecule has 3 aromatic rings. The summed E-state index contributed by atoms with van der Waals surface area (Å²) in [6, 6.07) is 15.1. The molecule has 170 valence electrons. The third kappa shape index (κ3) is 6.03. The molecule has 1 aliphatic rings. The number of nitrogens with one attached hydrogen (secondary N) is 3. The van der Waals surface area contributed by atoms with Crippen LogP contribution in [0.4, 0.5) is 16.5 Å². The zero-order valence-electron chi connectivity index (χ0n) is 18.5. The lowest BCUT2D eigenvalue weighted by atomic mass is 10.1. The van der Waals surface area contributed by atoms with Gasteiger partial charge in [-0.2, -0.15) is 0 Å². The molecule has 2 aromatic carbocycles. The molecule has 3 N–H and O–H groups in total. The summed E-state index contributed by atoms with van der Waals surface area (Å²) in [6.07, 6.45) is 0.833. The largest absolute Gasteiger partial charge is 0.326 e. The quantitative estimate of drug-likeness (QED) is 0.515. The van der Waals surface area contributed by atoms with E-state index in [-0.39, 0.29) is 17.7 Å². The minimum absolute atomic E-state index is 0.269. The van der Waals surface area contributed by atoms with E-state index >= 15 is 0 Å². The third-order valence-electron chi connectivity index (χ3n) is 5.12. The van der Waals surface area contributed by atoms with Crippen molar-refractivity contribution in [2.45, 2.75) is 33.4 Å². The van der Waals surface area contributed by atoms with E-state index in [1.807, 2.05) is 18.2 Å². The maximum Gasteiger partial charge on any atom is 0.257 e. The maximum atomic E-state index is 12.9. The Bertz CT molecular complexity index is 1160. The van der Waals surface area contributed by atoms with Crippen molar-refractivity contribution >= 4 is 45.6 Å². The summed E-state index contributed by atoms with van der Waals surface area (Å²) < 4.78 is 0. The summed E-state index contributed by atoms with van der Waals surface area (Å²) in [5.41, 5.74) is 3.45. The first-order valence-electron chi connectivity index (χ1n) is 10.6. The van der Waals surface area contributed by atoms with Gasteiger partial charge in [-0.15, -0.1) is 11.3 Å². The predicted molar refractivity (Wildman–Crippen MR) is 129 cm³/mol. The van der Waals surface area contributed by atoms with Gasteiger partial charge in [-0.3, -0.25) is 24.6 Å². The van der Waals surface area contributed by atoms with E-state index in [9.17, 15) is 14.4 Å². The van der Waals surface area contributed by atoms with Crippen LogP contribution in [0, 0.1) is 0 Å². The Labute approximate surface area is 196 Å².